The molecule has 2 aliphatic rings. The Labute approximate surface area is 100 Å². The second-order valence-corrected chi connectivity index (χ2v) is 6.86. The third-order valence-corrected chi connectivity index (χ3v) is 5.57. The van der Waals surface area contributed by atoms with E-state index in [0.29, 0.717) is 12.8 Å². The molecule has 0 unspecified atom stereocenters. The summed E-state index contributed by atoms with van der Waals surface area (Å²) < 4.78 is 48.4. The molecule has 0 aromatic carbocycles. The van der Waals surface area contributed by atoms with E-state index in [2.05, 4.69) is 5.32 Å². The van der Waals surface area contributed by atoms with Gasteiger partial charge < -0.3 is 5.32 Å². The zero-order valence-corrected chi connectivity index (χ0v) is 10.5. The van der Waals surface area contributed by atoms with Gasteiger partial charge in [0.05, 0.1) is 0 Å². The van der Waals surface area contributed by atoms with E-state index in [4.69, 9.17) is 0 Å². The Morgan fingerprint density at radius 2 is 1.59 bits per heavy atom. The Morgan fingerprint density at radius 1 is 1.06 bits per heavy atom. The van der Waals surface area contributed by atoms with Crippen LogP contribution in [0.2, 0.25) is 0 Å². The van der Waals surface area contributed by atoms with Gasteiger partial charge in [0.2, 0.25) is 0 Å². The minimum absolute atomic E-state index is 0.180. The number of sulfonamides is 1. The molecule has 17 heavy (non-hydrogen) atoms. The fraction of sp³-hybridized carbons (Fsp3) is 1.00. The van der Waals surface area contributed by atoms with Crippen molar-refractivity contribution in [2.45, 2.75) is 31.4 Å². The van der Waals surface area contributed by atoms with Crippen molar-refractivity contribution in [3.63, 3.8) is 0 Å². The second kappa shape index (κ2) is 4.78. The molecule has 2 rings (SSSR count). The van der Waals surface area contributed by atoms with Crippen molar-refractivity contribution in [1.82, 2.24) is 9.62 Å². The fourth-order valence-electron chi connectivity index (χ4n) is 2.78. The summed E-state index contributed by atoms with van der Waals surface area (Å²) in [5, 5.41) is 3.26. The lowest BCUT2D eigenvalue weighted by Crippen LogP contribution is -2.48. The molecule has 0 bridgehead atoms. The lowest BCUT2D eigenvalue weighted by atomic mass is 9.72. The first kappa shape index (κ1) is 13.2. The van der Waals surface area contributed by atoms with E-state index in [1.54, 1.807) is 0 Å². The van der Waals surface area contributed by atoms with Gasteiger partial charge in [0.25, 0.3) is 10.0 Å². The summed E-state index contributed by atoms with van der Waals surface area (Å²) in [4.78, 5) is 0. The summed E-state index contributed by atoms with van der Waals surface area (Å²) in [6.07, 6.45) is 3.46. The quantitative estimate of drug-likeness (QED) is 0.813. The zero-order chi connectivity index (χ0) is 12.5. The second-order valence-electron chi connectivity index (χ2n) is 4.95. The maximum Gasteiger partial charge on any atom is 0.350 e. The molecule has 2 heterocycles. The van der Waals surface area contributed by atoms with Crippen molar-refractivity contribution < 1.29 is 17.2 Å². The third kappa shape index (κ3) is 2.61. The molecule has 0 amide bonds. The molecule has 0 aliphatic carbocycles. The number of hydrogen-bond donors (Lipinski definition) is 1. The van der Waals surface area contributed by atoms with Gasteiger partial charge >= 0.3 is 5.76 Å². The van der Waals surface area contributed by atoms with Crippen LogP contribution >= 0.6 is 0 Å². The van der Waals surface area contributed by atoms with Crippen molar-refractivity contribution in [2.24, 2.45) is 5.41 Å². The molecule has 2 saturated heterocycles. The van der Waals surface area contributed by atoms with Crippen molar-refractivity contribution in [2.75, 3.05) is 26.2 Å². The number of rotatable bonds is 2. The third-order valence-electron chi connectivity index (χ3n) is 4.03. The average Bonchev–Trinajstić information content (AvgIpc) is 2.30. The van der Waals surface area contributed by atoms with Crippen LogP contribution in [0.4, 0.5) is 8.78 Å². The van der Waals surface area contributed by atoms with Crippen LogP contribution in [-0.4, -0.2) is 44.7 Å². The molecule has 2 fully saturated rings. The molecule has 1 spiro atoms. The van der Waals surface area contributed by atoms with Gasteiger partial charge in [-0.1, -0.05) is 0 Å². The predicted molar refractivity (Wildman–Crippen MR) is 60.3 cm³/mol. The van der Waals surface area contributed by atoms with E-state index in [-0.39, 0.29) is 18.5 Å². The van der Waals surface area contributed by atoms with Gasteiger partial charge in [-0.2, -0.15) is 13.1 Å². The normalized spacial score (nSPS) is 26.5. The molecule has 0 radical (unpaired) electrons. The van der Waals surface area contributed by atoms with Crippen molar-refractivity contribution in [1.29, 1.82) is 0 Å². The number of alkyl halides is 2. The first-order valence-electron chi connectivity index (χ1n) is 5.94. The van der Waals surface area contributed by atoms with Gasteiger partial charge in [-0.3, -0.25) is 0 Å². The van der Waals surface area contributed by atoms with Crippen LogP contribution in [0.5, 0.6) is 0 Å². The highest BCUT2D eigenvalue weighted by Gasteiger charge is 2.41. The summed E-state index contributed by atoms with van der Waals surface area (Å²) in [6.45, 7) is 2.38. The van der Waals surface area contributed by atoms with Gasteiger partial charge in [0, 0.05) is 13.1 Å². The predicted octanol–water partition coefficient (Wildman–Crippen LogP) is 1.00. The van der Waals surface area contributed by atoms with Crippen LogP contribution in [0.25, 0.3) is 0 Å². The summed E-state index contributed by atoms with van der Waals surface area (Å²) in [5.74, 6) is -3.29. The molecular formula is C10H18F2N2O2S. The summed E-state index contributed by atoms with van der Waals surface area (Å²) in [5.41, 5.74) is 0.180. The SMILES string of the molecule is O=S(=O)(C(F)F)N1CCC2(CCNCC2)CC1. The Kier molecular flexibility index (Phi) is 3.70. The monoisotopic (exact) mass is 268 g/mol. The highest BCUT2D eigenvalue weighted by atomic mass is 32.2. The minimum atomic E-state index is -4.37. The minimum Gasteiger partial charge on any atom is -0.317 e. The lowest BCUT2D eigenvalue weighted by Gasteiger charge is -2.43. The Hall–Kier alpha value is -0.270. The van der Waals surface area contributed by atoms with Gasteiger partial charge in [0.1, 0.15) is 0 Å². The van der Waals surface area contributed by atoms with Crippen LogP contribution in [0.3, 0.4) is 0 Å². The zero-order valence-electron chi connectivity index (χ0n) is 9.66. The molecule has 4 nitrogen and oxygen atoms in total. The summed E-state index contributed by atoms with van der Waals surface area (Å²) in [6, 6.07) is 0. The van der Waals surface area contributed by atoms with Gasteiger partial charge in [-0.15, -0.1) is 0 Å². The molecule has 0 aromatic heterocycles. The molecule has 1 N–H and O–H groups in total. The number of nitrogens with zero attached hydrogens (tertiary/aromatic N) is 1. The van der Waals surface area contributed by atoms with Crippen LogP contribution in [0, 0.1) is 5.41 Å². The van der Waals surface area contributed by atoms with Crippen LogP contribution in [-0.2, 0) is 10.0 Å². The van der Waals surface area contributed by atoms with Crippen molar-refractivity contribution in [3.8, 4) is 0 Å². The number of nitrogens with one attached hydrogen (secondary N) is 1. The van der Waals surface area contributed by atoms with Crippen LogP contribution in [0.15, 0.2) is 0 Å². The first-order chi connectivity index (χ1) is 7.96. The Balaban J connectivity index is 1.98. The van der Waals surface area contributed by atoms with E-state index in [0.717, 1.165) is 30.2 Å². The van der Waals surface area contributed by atoms with E-state index in [1.165, 1.54) is 0 Å². The van der Waals surface area contributed by atoms with E-state index >= 15 is 0 Å². The van der Waals surface area contributed by atoms with Crippen LogP contribution < -0.4 is 5.32 Å². The standard InChI is InChI=1S/C10H18F2N2O2S/c11-9(12)17(15,16)14-7-3-10(4-8-14)1-5-13-6-2-10/h9,13H,1-8H2. The largest absolute Gasteiger partial charge is 0.350 e. The van der Waals surface area contributed by atoms with Gasteiger partial charge in [-0.05, 0) is 44.2 Å². The van der Waals surface area contributed by atoms with Crippen LogP contribution in [0.1, 0.15) is 25.7 Å². The van der Waals surface area contributed by atoms with Gasteiger partial charge in [-0.25, -0.2) is 8.42 Å². The topological polar surface area (TPSA) is 49.4 Å². The molecule has 0 aromatic rings. The molecule has 2 aliphatic heterocycles. The van der Waals surface area contributed by atoms with E-state index < -0.39 is 15.8 Å². The molecule has 7 heteroatoms. The molecule has 0 atom stereocenters. The maximum atomic E-state index is 12.4. The first-order valence-corrected chi connectivity index (χ1v) is 7.45. The van der Waals surface area contributed by atoms with Crippen molar-refractivity contribution in [3.05, 3.63) is 0 Å². The average molecular weight is 268 g/mol. The molecular weight excluding hydrogens is 250 g/mol. The number of hydrogen-bond acceptors (Lipinski definition) is 3. The van der Waals surface area contributed by atoms with E-state index in [9.17, 15) is 17.2 Å². The fourth-order valence-corrected chi connectivity index (χ4v) is 3.70. The summed E-state index contributed by atoms with van der Waals surface area (Å²) >= 11 is 0. The highest BCUT2D eigenvalue weighted by molar-refractivity contribution is 7.89. The van der Waals surface area contributed by atoms with Crippen molar-refractivity contribution >= 4 is 10.0 Å². The smallest absolute Gasteiger partial charge is 0.317 e. The Bertz CT molecular complexity index is 357. The molecule has 0 saturated carbocycles. The summed E-state index contributed by atoms with van der Waals surface area (Å²) in [7, 11) is -4.37. The van der Waals surface area contributed by atoms with Gasteiger partial charge in [0.15, 0.2) is 0 Å². The van der Waals surface area contributed by atoms with E-state index in [1.807, 2.05) is 0 Å². The molecule has 100 valence electrons. The number of halogens is 2. The Morgan fingerprint density at radius 3 is 2.06 bits per heavy atom. The number of piperidine rings is 2. The lowest BCUT2D eigenvalue weighted by molar-refractivity contribution is 0.105. The highest BCUT2D eigenvalue weighted by Crippen LogP contribution is 2.40. The maximum absolute atomic E-state index is 12.4.